The van der Waals surface area contributed by atoms with Crippen molar-refractivity contribution in [2.75, 3.05) is 13.1 Å². The minimum atomic E-state index is -2.99. The molecule has 1 aromatic rings. The van der Waals surface area contributed by atoms with Gasteiger partial charge in [-0.3, -0.25) is 9.59 Å². The molecule has 1 aliphatic rings. The van der Waals surface area contributed by atoms with Crippen LogP contribution >= 0.6 is 0 Å². The highest BCUT2D eigenvalue weighted by Gasteiger charge is 2.26. The zero-order valence-corrected chi connectivity index (χ0v) is 11.9. The lowest BCUT2D eigenvalue weighted by Gasteiger charge is -2.31. The lowest BCUT2D eigenvalue weighted by Crippen LogP contribution is -2.39. The van der Waals surface area contributed by atoms with E-state index in [0.717, 1.165) is 0 Å². The number of likely N-dealkylation sites (tertiary alicyclic amines) is 1. The number of nitrogens with zero attached hydrogens (tertiary/aromatic N) is 1. The Morgan fingerprint density at radius 1 is 1.27 bits per heavy atom. The second-order valence-electron chi connectivity index (χ2n) is 5.21. The van der Waals surface area contributed by atoms with Crippen molar-refractivity contribution >= 4 is 11.9 Å². The number of para-hydroxylation sites is 1. The van der Waals surface area contributed by atoms with Gasteiger partial charge in [-0.15, -0.1) is 0 Å². The van der Waals surface area contributed by atoms with Gasteiger partial charge in [-0.25, -0.2) is 0 Å². The summed E-state index contributed by atoms with van der Waals surface area (Å²) in [6.45, 7) is -2.16. The molecule has 1 saturated heterocycles. The molecule has 1 fully saturated rings. The Morgan fingerprint density at radius 3 is 2.50 bits per heavy atom. The number of aliphatic carboxylic acids is 1. The van der Waals surface area contributed by atoms with E-state index < -0.39 is 12.6 Å². The summed E-state index contributed by atoms with van der Waals surface area (Å²) < 4.78 is 29.1. The second kappa shape index (κ2) is 7.20. The molecular formula is C15H17F2NO4. The van der Waals surface area contributed by atoms with Crippen LogP contribution in [0.1, 0.15) is 29.6 Å². The van der Waals surface area contributed by atoms with Crippen molar-refractivity contribution in [2.45, 2.75) is 25.9 Å². The zero-order chi connectivity index (χ0) is 16.1. The standard InChI is InChI=1S/C15H17F2NO4/c16-15(17)22-12-4-2-1-3-11(12)14(21)18-7-5-10(6-8-18)9-13(19)20/h1-4,10,15H,5-9H2,(H,19,20). The maximum absolute atomic E-state index is 12.4. The minimum absolute atomic E-state index is 0.0501. The molecule has 1 aromatic carbocycles. The average Bonchev–Trinajstić information content (AvgIpc) is 2.47. The Labute approximate surface area is 126 Å². The van der Waals surface area contributed by atoms with Crippen molar-refractivity contribution in [3.63, 3.8) is 0 Å². The van der Waals surface area contributed by atoms with Crippen molar-refractivity contribution in [1.29, 1.82) is 0 Å². The molecule has 120 valence electrons. The van der Waals surface area contributed by atoms with E-state index in [1.165, 1.54) is 18.2 Å². The molecule has 0 atom stereocenters. The Hall–Kier alpha value is -2.18. The third-order valence-electron chi connectivity index (χ3n) is 3.70. The number of halogens is 2. The van der Waals surface area contributed by atoms with Crippen molar-refractivity contribution in [1.82, 2.24) is 4.90 Å². The molecule has 7 heteroatoms. The first kappa shape index (κ1) is 16.2. The highest BCUT2D eigenvalue weighted by molar-refractivity contribution is 5.97. The number of hydrogen-bond donors (Lipinski definition) is 1. The summed E-state index contributed by atoms with van der Waals surface area (Å²) in [7, 11) is 0. The van der Waals surface area contributed by atoms with Crippen LogP contribution in [0.2, 0.25) is 0 Å². The Kier molecular flexibility index (Phi) is 5.30. The smallest absolute Gasteiger partial charge is 0.387 e. The van der Waals surface area contributed by atoms with Gasteiger partial charge in [0, 0.05) is 19.5 Å². The van der Waals surface area contributed by atoms with Crippen LogP contribution in [0.25, 0.3) is 0 Å². The van der Waals surface area contributed by atoms with Crippen LogP contribution in [0.15, 0.2) is 24.3 Å². The fourth-order valence-electron chi connectivity index (χ4n) is 2.60. The quantitative estimate of drug-likeness (QED) is 0.907. The predicted octanol–water partition coefficient (Wildman–Crippen LogP) is 2.61. The topological polar surface area (TPSA) is 66.8 Å². The van der Waals surface area contributed by atoms with Crippen LogP contribution < -0.4 is 4.74 Å². The van der Waals surface area contributed by atoms with Crippen LogP contribution in [-0.4, -0.2) is 41.6 Å². The van der Waals surface area contributed by atoms with E-state index in [0.29, 0.717) is 25.9 Å². The molecule has 1 amide bonds. The largest absolute Gasteiger partial charge is 0.481 e. The molecule has 0 saturated carbocycles. The molecule has 5 nitrogen and oxygen atoms in total. The first-order valence-corrected chi connectivity index (χ1v) is 7.02. The van der Waals surface area contributed by atoms with Crippen LogP contribution in [-0.2, 0) is 4.79 Å². The minimum Gasteiger partial charge on any atom is -0.481 e. The number of benzene rings is 1. The fourth-order valence-corrected chi connectivity index (χ4v) is 2.60. The summed E-state index contributed by atoms with van der Waals surface area (Å²) in [4.78, 5) is 24.6. The van der Waals surface area contributed by atoms with Gasteiger partial charge >= 0.3 is 12.6 Å². The highest BCUT2D eigenvalue weighted by atomic mass is 19.3. The SMILES string of the molecule is O=C(O)CC1CCN(C(=O)c2ccccc2OC(F)F)CC1. The molecule has 2 rings (SSSR count). The number of ether oxygens (including phenoxy) is 1. The lowest BCUT2D eigenvalue weighted by molar-refractivity contribution is -0.138. The van der Waals surface area contributed by atoms with Gasteiger partial charge in [0.15, 0.2) is 0 Å². The molecule has 0 bridgehead atoms. The molecule has 1 N–H and O–H groups in total. The van der Waals surface area contributed by atoms with E-state index in [-0.39, 0.29) is 29.6 Å². The average molecular weight is 313 g/mol. The van der Waals surface area contributed by atoms with Crippen molar-refractivity contribution in [2.24, 2.45) is 5.92 Å². The van der Waals surface area contributed by atoms with Crippen molar-refractivity contribution in [3.05, 3.63) is 29.8 Å². The molecule has 1 aliphatic heterocycles. The van der Waals surface area contributed by atoms with Crippen LogP contribution in [0, 0.1) is 5.92 Å². The van der Waals surface area contributed by atoms with Gasteiger partial charge in [0.1, 0.15) is 5.75 Å². The molecule has 0 unspecified atom stereocenters. The zero-order valence-electron chi connectivity index (χ0n) is 11.9. The Morgan fingerprint density at radius 2 is 1.91 bits per heavy atom. The van der Waals surface area contributed by atoms with Gasteiger partial charge in [0.25, 0.3) is 5.91 Å². The molecule has 0 aliphatic carbocycles. The number of piperidine rings is 1. The summed E-state index contributed by atoms with van der Waals surface area (Å²) >= 11 is 0. The van der Waals surface area contributed by atoms with Gasteiger partial charge < -0.3 is 14.7 Å². The summed E-state index contributed by atoms with van der Waals surface area (Å²) in [6, 6.07) is 5.89. The Bertz CT molecular complexity index is 542. The number of carboxylic acids is 1. The second-order valence-corrected chi connectivity index (χ2v) is 5.21. The van der Waals surface area contributed by atoms with Crippen molar-refractivity contribution < 1.29 is 28.2 Å². The number of rotatable bonds is 5. The number of hydrogen-bond acceptors (Lipinski definition) is 3. The first-order chi connectivity index (χ1) is 10.5. The van der Waals surface area contributed by atoms with Gasteiger partial charge in [-0.2, -0.15) is 8.78 Å². The van der Waals surface area contributed by atoms with Crippen LogP contribution in [0.5, 0.6) is 5.75 Å². The summed E-state index contributed by atoms with van der Waals surface area (Å²) in [5.74, 6) is -1.31. The Balaban J connectivity index is 2.02. The van der Waals surface area contributed by atoms with E-state index in [4.69, 9.17) is 5.11 Å². The van der Waals surface area contributed by atoms with E-state index >= 15 is 0 Å². The van der Waals surface area contributed by atoms with Crippen LogP contribution in [0.4, 0.5) is 8.78 Å². The summed E-state index contributed by atoms with van der Waals surface area (Å²) in [6.07, 6.45) is 1.28. The van der Waals surface area contributed by atoms with Gasteiger partial charge in [0.2, 0.25) is 0 Å². The van der Waals surface area contributed by atoms with E-state index in [1.54, 1.807) is 11.0 Å². The normalized spacial score (nSPS) is 15.9. The molecule has 22 heavy (non-hydrogen) atoms. The van der Waals surface area contributed by atoms with Gasteiger partial charge in [-0.05, 0) is 30.9 Å². The molecule has 0 aromatic heterocycles. The van der Waals surface area contributed by atoms with Gasteiger partial charge in [-0.1, -0.05) is 12.1 Å². The highest BCUT2D eigenvalue weighted by Crippen LogP contribution is 2.26. The third-order valence-corrected chi connectivity index (χ3v) is 3.70. The number of amides is 1. The first-order valence-electron chi connectivity index (χ1n) is 7.02. The van der Waals surface area contributed by atoms with E-state index in [1.807, 2.05) is 0 Å². The van der Waals surface area contributed by atoms with Gasteiger partial charge in [0.05, 0.1) is 5.56 Å². The predicted molar refractivity (Wildman–Crippen MR) is 74.0 cm³/mol. The molecule has 0 spiro atoms. The number of carbonyl (C=O) groups is 2. The van der Waals surface area contributed by atoms with Crippen LogP contribution in [0.3, 0.4) is 0 Å². The number of alkyl halides is 2. The number of carboxylic acid groups (broad SMARTS) is 1. The maximum atomic E-state index is 12.4. The van der Waals surface area contributed by atoms with E-state index in [2.05, 4.69) is 4.74 Å². The molecule has 1 heterocycles. The maximum Gasteiger partial charge on any atom is 0.387 e. The van der Waals surface area contributed by atoms with Crippen molar-refractivity contribution in [3.8, 4) is 5.75 Å². The monoisotopic (exact) mass is 313 g/mol. The molecule has 0 radical (unpaired) electrons. The third kappa shape index (κ3) is 4.16. The summed E-state index contributed by atoms with van der Waals surface area (Å²) in [5.41, 5.74) is 0.0967. The molecular weight excluding hydrogens is 296 g/mol. The summed E-state index contributed by atoms with van der Waals surface area (Å²) in [5, 5.41) is 8.77. The lowest BCUT2D eigenvalue weighted by atomic mass is 9.93. The van der Waals surface area contributed by atoms with E-state index in [9.17, 15) is 18.4 Å². The number of carbonyl (C=O) groups excluding carboxylic acids is 1. The fraction of sp³-hybridized carbons (Fsp3) is 0.467.